The van der Waals surface area contributed by atoms with Crippen LogP contribution in [0.3, 0.4) is 0 Å². The minimum Gasteiger partial charge on any atom is -0.456 e. The van der Waals surface area contributed by atoms with Gasteiger partial charge in [0, 0.05) is 43.8 Å². The molecule has 0 amide bonds. The van der Waals surface area contributed by atoms with Crippen LogP contribution in [0.5, 0.6) is 0 Å². The Morgan fingerprint density at radius 1 is 0.462 bits per heavy atom. The second-order valence-corrected chi connectivity index (χ2v) is 13.5. The van der Waals surface area contributed by atoms with E-state index in [1.165, 1.54) is 16.5 Å². The van der Waals surface area contributed by atoms with Gasteiger partial charge >= 0.3 is 0 Å². The highest BCUT2D eigenvalue weighted by molar-refractivity contribution is 6.20. The molecule has 5 heteroatoms. The van der Waals surface area contributed by atoms with E-state index >= 15 is 0 Å². The molecule has 11 rings (SSSR count). The molecule has 5 nitrogen and oxygen atoms in total. The van der Waals surface area contributed by atoms with Crippen molar-refractivity contribution in [3.8, 4) is 45.3 Å². The minimum absolute atomic E-state index is 0.594. The lowest BCUT2D eigenvalue weighted by Gasteiger charge is -2.14. The van der Waals surface area contributed by atoms with Gasteiger partial charge in [0.05, 0.1) is 0 Å². The fourth-order valence-electron chi connectivity index (χ4n) is 7.87. The molecule has 0 unspecified atom stereocenters. The Morgan fingerprint density at radius 2 is 1.13 bits per heavy atom. The van der Waals surface area contributed by atoms with E-state index in [2.05, 4.69) is 115 Å². The normalized spacial score (nSPS) is 12.8. The summed E-state index contributed by atoms with van der Waals surface area (Å²) in [5, 5.41) is 6.42. The van der Waals surface area contributed by atoms with E-state index in [9.17, 15) is 0 Å². The van der Waals surface area contributed by atoms with E-state index in [1.54, 1.807) is 0 Å². The molecule has 0 saturated heterocycles. The summed E-state index contributed by atoms with van der Waals surface area (Å²) >= 11 is 0. The summed E-state index contributed by atoms with van der Waals surface area (Å²) in [5.74, 6) is 1.85. The van der Waals surface area contributed by atoms with Crippen molar-refractivity contribution in [3.63, 3.8) is 0 Å². The van der Waals surface area contributed by atoms with Gasteiger partial charge in [0.15, 0.2) is 17.5 Å². The molecule has 0 N–H and O–H groups in total. The maximum Gasteiger partial charge on any atom is 0.164 e. The molecule has 0 spiro atoms. The summed E-state index contributed by atoms with van der Waals surface area (Å²) in [6, 6.07) is 48.2. The first-order chi connectivity index (χ1) is 25.7. The number of rotatable bonds is 4. The van der Waals surface area contributed by atoms with Crippen LogP contribution in [0.1, 0.15) is 17.5 Å². The Kier molecular flexibility index (Phi) is 6.31. The topological polar surface area (TPSA) is 65.0 Å². The van der Waals surface area contributed by atoms with Crippen LogP contribution in [0.15, 0.2) is 154 Å². The lowest BCUT2D eigenvalue weighted by Crippen LogP contribution is -2.02. The molecule has 3 aromatic heterocycles. The summed E-state index contributed by atoms with van der Waals surface area (Å²) in [6.45, 7) is 0. The maximum absolute atomic E-state index is 6.77. The molecule has 52 heavy (non-hydrogen) atoms. The largest absolute Gasteiger partial charge is 0.456 e. The van der Waals surface area contributed by atoms with Crippen LogP contribution in [0.25, 0.3) is 106 Å². The molecule has 10 aromatic rings. The third-order valence-corrected chi connectivity index (χ3v) is 10.4. The van der Waals surface area contributed by atoms with Crippen molar-refractivity contribution >= 4 is 60.7 Å². The zero-order chi connectivity index (χ0) is 34.2. The van der Waals surface area contributed by atoms with Crippen molar-refractivity contribution in [1.82, 2.24) is 15.0 Å². The SMILES string of the molecule is C1=Cc2cc(-c3nc(-c4ccc5ccccc5c4)nc(-c4ccc(-c5cccc6oc7ccccc7c56)c5oc6ccccc6c45)n3)ccc2CC1. The molecule has 1 aliphatic rings. The quantitative estimate of drug-likeness (QED) is 0.187. The molecular formula is C47H29N3O2. The minimum atomic E-state index is 0.594. The fraction of sp³-hybridized carbons (Fsp3) is 0.0426. The highest BCUT2D eigenvalue weighted by atomic mass is 16.3. The Hall–Kier alpha value is -6.85. The number of fused-ring (bicyclic) bond motifs is 8. The first-order valence-electron chi connectivity index (χ1n) is 17.7. The van der Waals surface area contributed by atoms with Crippen molar-refractivity contribution in [2.24, 2.45) is 0 Å². The smallest absolute Gasteiger partial charge is 0.164 e. The van der Waals surface area contributed by atoms with Crippen molar-refractivity contribution in [2.75, 3.05) is 0 Å². The summed E-state index contributed by atoms with van der Waals surface area (Å²) in [4.78, 5) is 15.6. The molecule has 0 atom stereocenters. The predicted octanol–water partition coefficient (Wildman–Crippen LogP) is 12.5. The van der Waals surface area contributed by atoms with Gasteiger partial charge in [0.25, 0.3) is 0 Å². The van der Waals surface area contributed by atoms with Gasteiger partial charge in [-0.15, -0.1) is 0 Å². The number of benzene rings is 7. The van der Waals surface area contributed by atoms with E-state index in [0.29, 0.717) is 17.5 Å². The van der Waals surface area contributed by atoms with Crippen LogP contribution < -0.4 is 0 Å². The van der Waals surface area contributed by atoms with Crippen LogP contribution in [0, 0.1) is 0 Å². The lowest BCUT2D eigenvalue weighted by atomic mass is 9.94. The molecule has 3 heterocycles. The average Bonchev–Trinajstić information content (AvgIpc) is 3.79. The number of allylic oxidation sites excluding steroid dienone is 1. The number of hydrogen-bond acceptors (Lipinski definition) is 5. The van der Waals surface area contributed by atoms with Gasteiger partial charge in [0.2, 0.25) is 0 Å². The third-order valence-electron chi connectivity index (χ3n) is 10.4. The maximum atomic E-state index is 6.77. The van der Waals surface area contributed by atoms with Crippen LogP contribution in [-0.4, -0.2) is 15.0 Å². The van der Waals surface area contributed by atoms with Gasteiger partial charge in [-0.25, -0.2) is 15.0 Å². The Labute approximate surface area is 298 Å². The van der Waals surface area contributed by atoms with Crippen LogP contribution in [0.4, 0.5) is 0 Å². The first kappa shape index (κ1) is 28.9. The average molecular weight is 668 g/mol. The molecule has 244 valence electrons. The fourth-order valence-corrected chi connectivity index (χ4v) is 7.87. The van der Waals surface area contributed by atoms with Crippen molar-refractivity contribution < 1.29 is 8.83 Å². The lowest BCUT2D eigenvalue weighted by molar-refractivity contribution is 0.668. The van der Waals surface area contributed by atoms with Gasteiger partial charge in [-0.2, -0.15) is 0 Å². The molecular weight excluding hydrogens is 639 g/mol. The molecule has 0 aliphatic heterocycles. The monoisotopic (exact) mass is 667 g/mol. The van der Waals surface area contributed by atoms with E-state index < -0.39 is 0 Å². The Balaban J connectivity index is 1.18. The van der Waals surface area contributed by atoms with Gasteiger partial charge in [0.1, 0.15) is 22.3 Å². The molecule has 0 fully saturated rings. The van der Waals surface area contributed by atoms with Crippen LogP contribution in [0.2, 0.25) is 0 Å². The molecule has 0 bridgehead atoms. The number of nitrogens with zero attached hydrogens (tertiary/aromatic N) is 3. The van der Waals surface area contributed by atoms with Crippen LogP contribution in [-0.2, 0) is 6.42 Å². The van der Waals surface area contributed by atoms with Gasteiger partial charge in [-0.05, 0) is 82.8 Å². The van der Waals surface area contributed by atoms with Crippen molar-refractivity contribution in [3.05, 3.63) is 157 Å². The molecule has 1 aliphatic carbocycles. The standard InChI is InChI=1S/C47H29N3O2/c1-3-12-30-26-32(22-20-28(30)10-1)45-48-46(33-23-21-29-11-2-4-13-31(29)27-33)50-47(49-45)38-25-24-35(44-43(38)37-15-6-8-18-40(37)52-44)34-16-9-19-41-42(34)36-14-5-7-17-39(36)51-41/h1,3-10,12-27H,2,11H2. The number of para-hydroxylation sites is 2. The van der Waals surface area contributed by atoms with E-state index in [-0.39, 0.29) is 0 Å². The summed E-state index contributed by atoms with van der Waals surface area (Å²) in [5.41, 5.74) is 10.7. The van der Waals surface area contributed by atoms with Crippen molar-refractivity contribution in [2.45, 2.75) is 12.8 Å². The Bertz CT molecular complexity index is 3090. The van der Waals surface area contributed by atoms with Gasteiger partial charge in [-0.1, -0.05) is 109 Å². The predicted molar refractivity (Wildman–Crippen MR) is 211 cm³/mol. The van der Waals surface area contributed by atoms with Crippen molar-refractivity contribution in [1.29, 1.82) is 0 Å². The highest BCUT2D eigenvalue weighted by Gasteiger charge is 2.23. The summed E-state index contributed by atoms with van der Waals surface area (Å²) < 4.78 is 13.1. The second kappa shape index (κ2) is 11.3. The molecule has 0 radical (unpaired) electrons. The number of furan rings is 2. The van der Waals surface area contributed by atoms with Crippen LogP contribution >= 0.6 is 0 Å². The second-order valence-electron chi connectivity index (χ2n) is 13.5. The molecule has 0 saturated carbocycles. The highest BCUT2D eigenvalue weighted by Crippen LogP contribution is 2.45. The third kappa shape index (κ3) is 4.53. The zero-order valence-corrected chi connectivity index (χ0v) is 28.0. The number of aromatic nitrogens is 3. The van der Waals surface area contributed by atoms with Gasteiger partial charge in [-0.3, -0.25) is 0 Å². The van der Waals surface area contributed by atoms with E-state index in [1.807, 2.05) is 36.4 Å². The summed E-state index contributed by atoms with van der Waals surface area (Å²) in [6.07, 6.45) is 6.54. The number of hydrogen-bond donors (Lipinski definition) is 0. The van der Waals surface area contributed by atoms with Gasteiger partial charge < -0.3 is 8.83 Å². The number of aryl methyl sites for hydroxylation is 1. The van der Waals surface area contributed by atoms with E-state index in [0.717, 1.165) is 89.9 Å². The zero-order valence-electron chi connectivity index (χ0n) is 28.0. The first-order valence-corrected chi connectivity index (χ1v) is 17.7. The Morgan fingerprint density at radius 3 is 2.00 bits per heavy atom. The molecule has 7 aromatic carbocycles. The summed E-state index contributed by atoms with van der Waals surface area (Å²) in [7, 11) is 0. The van der Waals surface area contributed by atoms with E-state index in [4.69, 9.17) is 23.8 Å².